The first-order valence-corrected chi connectivity index (χ1v) is 9.02. The van der Waals surface area contributed by atoms with Crippen LogP contribution in [0.1, 0.15) is 24.5 Å². The highest BCUT2D eigenvalue weighted by Gasteiger charge is 2.23. The maximum Gasteiger partial charge on any atom is 0.315 e. The van der Waals surface area contributed by atoms with Crippen molar-refractivity contribution in [3.8, 4) is 0 Å². The average Bonchev–Trinajstić information content (AvgIpc) is 3.36. The van der Waals surface area contributed by atoms with Crippen molar-refractivity contribution in [3.63, 3.8) is 0 Å². The number of aromatic nitrogens is 3. The van der Waals surface area contributed by atoms with Crippen LogP contribution in [-0.2, 0) is 19.5 Å². The minimum absolute atomic E-state index is 0.131. The van der Waals surface area contributed by atoms with Gasteiger partial charge in [-0.2, -0.15) is 0 Å². The largest absolute Gasteiger partial charge is 0.371 e. The summed E-state index contributed by atoms with van der Waals surface area (Å²) in [5.74, 6) is 2.37. The number of rotatable bonds is 5. The van der Waals surface area contributed by atoms with Gasteiger partial charge in [-0.15, -0.1) is 10.2 Å². The Morgan fingerprint density at radius 2 is 2.04 bits per heavy atom. The number of hydrogen-bond donors (Lipinski definition) is 2. The van der Waals surface area contributed by atoms with Crippen LogP contribution >= 0.6 is 0 Å². The smallest absolute Gasteiger partial charge is 0.315 e. The molecule has 2 amide bonds. The lowest BCUT2D eigenvalue weighted by Crippen LogP contribution is -2.39. The Morgan fingerprint density at radius 3 is 2.92 bits per heavy atom. The second-order valence-electron chi connectivity index (χ2n) is 6.79. The molecule has 1 saturated heterocycles. The predicted molar refractivity (Wildman–Crippen MR) is 95.3 cm³/mol. The first-order chi connectivity index (χ1) is 12.3. The molecule has 2 N–H and O–H groups in total. The molecule has 1 aromatic heterocycles. The molecule has 0 aliphatic carbocycles. The Bertz CT molecular complexity index is 728. The number of carbonyl (C=O) groups excluding carboxylic acids is 1. The molecule has 7 heteroatoms. The number of nitrogens with zero attached hydrogens (tertiary/aromatic N) is 4. The number of carbonyl (C=O) groups is 1. The van der Waals surface area contributed by atoms with Gasteiger partial charge in [-0.3, -0.25) is 0 Å². The normalized spacial score (nSPS) is 19.0. The lowest BCUT2D eigenvalue weighted by molar-refractivity contribution is 0.238. The summed E-state index contributed by atoms with van der Waals surface area (Å²) in [6.07, 6.45) is 3.20. The van der Waals surface area contributed by atoms with Crippen LogP contribution < -0.4 is 15.5 Å². The van der Waals surface area contributed by atoms with Gasteiger partial charge in [-0.1, -0.05) is 18.2 Å². The summed E-state index contributed by atoms with van der Waals surface area (Å²) in [5.41, 5.74) is 1.26. The first kappa shape index (κ1) is 15.9. The van der Waals surface area contributed by atoms with Crippen molar-refractivity contribution in [1.29, 1.82) is 0 Å². The zero-order valence-electron chi connectivity index (χ0n) is 14.3. The number of urea groups is 1. The van der Waals surface area contributed by atoms with Gasteiger partial charge in [-0.05, 0) is 30.9 Å². The van der Waals surface area contributed by atoms with Crippen molar-refractivity contribution < 1.29 is 4.79 Å². The summed E-state index contributed by atoms with van der Waals surface area (Å²) < 4.78 is 2.11. The Labute approximate surface area is 147 Å². The van der Waals surface area contributed by atoms with E-state index in [0.717, 1.165) is 50.5 Å². The van der Waals surface area contributed by atoms with Crippen molar-refractivity contribution in [2.24, 2.45) is 5.92 Å². The molecule has 25 heavy (non-hydrogen) atoms. The molecule has 1 fully saturated rings. The van der Waals surface area contributed by atoms with Gasteiger partial charge in [0, 0.05) is 38.3 Å². The van der Waals surface area contributed by atoms with Gasteiger partial charge in [0.05, 0.1) is 6.54 Å². The second-order valence-corrected chi connectivity index (χ2v) is 6.79. The Balaban J connectivity index is 1.20. The van der Waals surface area contributed by atoms with Crippen LogP contribution in [0.25, 0.3) is 0 Å². The Kier molecular flexibility index (Phi) is 4.54. The van der Waals surface area contributed by atoms with Crippen molar-refractivity contribution >= 4 is 11.7 Å². The lowest BCUT2D eigenvalue weighted by Gasteiger charge is -2.18. The summed E-state index contributed by atoms with van der Waals surface area (Å²) in [5, 5.41) is 14.2. The van der Waals surface area contributed by atoms with E-state index in [1.54, 1.807) is 0 Å². The minimum atomic E-state index is -0.131. The molecule has 0 unspecified atom stereocenters. The maximum absolute atomic E-state index is 12.1. The highest BCUT2D eigenvalue weighted by molar-refractivity contribution is 5.73. The van der Waals surface area contributed by atoms with Crippen LogP contribution in [0.15, 0.2) is 30.3 Å². The van der Waals surface area contributed by atoms with Crippen LogP contribution in [0.5, 0.6) is 0 Å². The number of hydrogen-bond acceptors (Lipinski definition) is 4. The van der Waals surface area contributed by atoms with E-state index in [1.165, 1.54) is 5.69 Å². The van der Waals surface area contributed by atoms with Crippen LogP contribution in [-0.4, -0.2) is 40.4 Å². The van der Waals surface area contributed by atoms with E-state index >= 15 is 0 Å². The molecule has 4 rings (SSSR count). The molecule has 1 aromatic carbocycles. The zero-order chi connectivity index (χ0) is 17.1. The van der Waals surface area contributed by atoms with Gasteiger partial charge in [0.15, 0.2) is 5.82 Å². The number of para-hydroxylation sites is 1. The van der Waals surface area contributed by atoms with E-state index in [9.17, 15) is 4.79 Å². The fourth-order valence-electron chi connectivity index (χ4n) is 3.67. The number of anilines is 1. The third kappa shape index (κ3) is 3.60. The monoisotopic (exact) mass is 340 g/mol. The third-order valence-electron chi connectivity index (χ3n) is 5.05. The van der Waals surface area contributed by atoms with E-state index < -0.39 is 0 Å². The molecule has 0 bridgehead atoms. The quantitative estimate of drug-likeness (QED) is 0.866. The molecule has 7 nitrogen and oxygen atoms in total. The number of fused-ring (bicyclic) bond motifs is 1. The number of nitrogens with one attached hydrogen (secondary N) is 2. The molecule has 3 heterocycles. The standard InChI is InChI=1S/C18H24N6O/c25-18(20-12-17-22-21-16-7-4-9-24(16)17)19-11-14-8-10-23(13-14)15-5-2-1-3-6-15/h1-3,5-6,14H,4,7-13H2,(H2,19,20,25)/t14-/m0/s1. The van der Waals surface area contributed by atoms with E-state index in [-0.39, 0.29) is 6.03 Å². The molecule has 2 aromatic rings. The van der Waals surface area contributed by atoms with E-state index in [1.807, 2.05) is 6.07 Å². The predicted octanol–water partition coefficient (Wildman–Crippen LogP) is 1.55. The van der Waals surface area contributed by atoms with Crippen LogP contribution in [0.2, 0.25) is 0 Å². The van der Waals surface area contributed by atoms with E-state index in [0.29, 0.717) is 19.0 Å². The fraction of sp³-hybridized carbons (Fsp3) is 0.500. The molecule has 132 valence electrons. The summed E-state index contributed by atoms with van der Waals surface area (Å²) >= 11 is 0. The Morgan fingerprint density at radius 1 is 1.16 bits per heavy atom. The lowest BCUT2D eigenvalue weighted by atomic mass is 10.1. The van der Waals surface area contributed by atoms with Gasteiger partial charge in [-0.25, -0.2) is 4.79 Å². The summed E-state index contributed by atoms with van der Waals surface area (Å²) in [6, 6.07) is 10.3. The van der Waals surface area contributed by atoms with Gasteiger partial charge in [0.1, 0.15) is 5.82 Å². The topological polar surface area (TPSA) is 75.1 Å². The zero-order valence-corrected chi connectivity index (χ0v) is 14.3. The molecule has 2 aliphatic heterocycles. The summed E-state index contributed by atoms with van der Waals surface area (Å²) in [4.78, 5) is 14.4. The number of aryl methyl sites for hydroxylation is 1. The highest BCUT2D eigenvalue weighted by atomic mass is 16.2. The van der Waals surface area contributed by atoms with Crippen LogP contribution in [0.3, 0.4) is 0 Å². The maximum atomic E-state index is 12.1. The fourth-order valence-corrected chi connectivity index (χ4v) is 3.67. The minimum Gasteiger partial charge on any atom is -0.371 e. The summed E-state index contributed by atoms with van der Waals surface area (Å²) in [6.45, 7) is 4.12. The number of amides is 2. The highest BCUT2D eigenvalue weighted by Crippen LogP contribution is 2.22. The van der Waals surface area contributed by atoms with Crippen molar-refractivity contribution in [2.45, 2.75) is 32.4 Å². The molecule has 0 spiro atoms. The molecule has 2 aliphatic rings. The van der Waals surface area contributed by atoms with Crippen molar-refractivity contribution in [1.82, 2.24) is 25.4 Å². The van der Waals surface area contributed by atoms with Gasteiger partial charge in [0.25, 0.3) is 0 Å². The van der Waals surface area contributed by atoms with Crippen molar-refractivity contribution in [2.75, 3.05) is 24.5 Å². The van der Waals surface area contributed by atoms with Gasteiger partial charge in [0.2, 0.25) is 0 Å². The summed E-state index contributed by atoms with van der Waals surface area (Å²) in [7, 11) is 0. The Hall–Kier alpha value is -2.57. The molecule has 0 radical (unpaired) electrons. The number of benzene rings is 1. The second kappa shape index (κ2) is 7.13. The molecular weight excluding hydrogens is 316 g/mol. The van der Waals surface area contributed by atoms with Gasteiger partial charge < -0.3 is 20.1 Å². The average molecular weight is 340 g/mol. The van der Waals surface area contributed by atoms with E-state index in [2.05, 4.69) is 54.6 Å². The van der Waals surface area contributed by atoms with Gasteiger partial charge >= 0.3 is 6.03 Å². The molecule has 1 atom stereocenters. The first-order valence-electron chi connectivity index (χ1n) is 9.02. The third-order valence-corrected chi connectivity index (χ3v) is 5.05. The van der Waals surface area contributed by atoms with Crippen molar-refractivity contribution in [3.05, 3.63) is 42.0 Å². The molecular formula is C18H24N6O. The van der Waals surface area contributed by atoms with Crippen LogP contribution in [0, 0.1) is 5.92 Å². The SMILES string of the molecule is O=C(NCc1nnc2n1CCC2)NC[C@@H]1CCN(c2ccccc2)C1. The molecule has 0 saturated carbocycles. The van der Waals surface area contributed by atoms with Crippen LogP contribution in [0.4, 0.5) is 10.5 Å². The van der Waals surface area contributed by atoms with E-state index in [4.69, 9.17) is 0 Å².